The van der Waals surface area contributed by atoms with Gasteiger partial charge in [0.25, 0.3) is 0 Å². The van der Waals surface area contributed by atoms with E-state index in [0.717, 1.165) is 12.1 Å². The van der Waals surface area contributed by atoms with Gasteiger partial charge in [0.15, 0.2) is 5.65 Å². The monoisotopic (exact) mass is 380 g/mol. The van der Waals surface area contributed by atoms with Crippen LogP contribution in [0.3, 0.4) is 0 Å². The molecule has 2 aromatic heterocycles. The Bertz CT molecular complexity index is 949. The van der Waals surface area contributed by atoms with Gasteiger partial charge in [0, 0.05) is 13.1 Å². The van der Waals surface area contributed by atoms with E-state index in [0.29, 0.717) is 33.7 Å². The van der Waals surface area contributed by atoms with Crippen molar-refractivity contribution in [1.29, 1.82) is 0 Å². The van der Waals surface area contributed by atoms with E-state index in [2.05, 4.69) is 25.2 Å². The van der Waals surface area contributed by atoms with E-state index in [4.69, 9.17) is 23.2 Å². The van der Waals surface area contributed by atoms with E-state index in [1.807, 2.05) is 20.2 Å². The lowest BCUT2D eigenvalue weighted by Gasteiger charge is -2.10. The summed E-state index contributed by atoms with van der Waals surface area (Å²) in [5, 5.41) is 4.03. The molecule has 0 amide bonds. The third-order valence-electron chi connectivity index (χ3n) is 3.71. The number of fused-ring (bicyclic) bond motifs is 1. The molecule has 0 bridgehead atoms. The minimum atomic E-state index is -0.272. The molecule has 7 nitrogen and oxygen atoms in total. The highest BCUT2D eigenvalue weighted by Gasteiger charge is 2.13. The van der Waals surface area contributed by atoms with Crippen LogP contribution in [0.25, 0.3) is 11.2 Å². The molecule has 2 N–H and O–H groups in total. The van der Waals surface area contributed by atoms with E-state index in [-0.39, 0.29) is 12.2 Å². The Morgan fingerprint density at radius 1 is 1.32 bits per heavy atom. The molecule has 2 heterocycles. The van der Waals surface area contributed by atoms with E-state index >= 15 is 0 Å². The molecule has 132 valence electrons. The van der Waals surface area contributed by atoms with Crippen LogP contribution >= 0.6 is 23.2 Å². The zero-order valence-corrected chi connectivity index (χ0v) is 15.4. The lowest BCUT2D eigenvalue weighted by atomic mass is 10.2. The summed E-state index contributed by atoms with van der Waals surface area (Å²) in [6.45, 7) is 1.82. The van der Waals surface area contributed by atoms with Crippen LogP contribution in [0.2, 0.25) is 10.0 Å². The Balaban J connectivity index is 1.93. The van der Waals surface area contributed by atoms with Crippen molar-refractivity contribution >= 4 is 40.3 Å². The van der Waals surface area contributed by atoms with Crippen molar-refractivity contribution < 1.29 is 0 Å². The normalized spacial score (nSPS) is 11.4. The highest BCUT2D eigenvalue weighted by atomic mass is 35.5. The third kappa shape index (κ3) is 3.95. The number of anilines is 1. The lowest BCUT2D eigenvalue weighted by Crippen LogP contribution is -2.21. The molecule has 0 aliphatic heterocycles. The van der Waals surface area contributed by atoms with Crippen molar-refractivity contribution in [2.24, 2.45) is 0 Å². The van der Waals surface area contributed by atoms with Crippen molar-refractivity contribution in [2.45, 2.75) is 6.54 Å². The smallest absolute Gasteiger partial charge is 0.328 e. The van der Waals surface area contributed by atoms with Crippen LogP contribution in [0.15, 0.2) is 29.2 Å². The number of nitrogens with one attached hydrogen (secondary N) is 2. The van der Waals surface area contributed by atoms with Crippen LogP contribution in [0.5, 0.6) is 0 Å². The van der Waals surface area contributed by atoms with Gasteiger partial charge in [0.1, 0.15) is 5.52 Å². The maximum absolute atomic E-state index is 12.3. The van der Waals surface area contributed by atoms with Gasteiger partial charge in [-0.25, -0.2) is 9.78 Å². The first kappa shape index (κ1) is 17.7. The number of H-pyrrole nitrogens is 1. The average molecular weight is 381 g/mol. The molecule has 0 saturated heterocycles. The Morgan fingerprint density at radius 2 is 2.12 bits per heavy atom. The molecule has 0 aliphatic carbocycles. The molecule has 1 aromatic carbocycles. The first-order chi connectivity index (χ1) is 12.0. The van der Waals surface area contributed by atoms with Gasteiger partial charge in [0.2, 0.25) is 5.95 Å². The fourth-order valence-electron chi connectivity index (χ4n) is 2.41. The molecule has 3 rings (SSSR count). The molecular weight excluding hydrogens is 363 g/mol. The van der Waals surface area contributed by atoms with Gasteiger partial charge < -0.3 is 15.2 Å². The average Bonchev–Trinajstić information content (AvgIpc) is 2.87. The largest absolute Gasteiger partial charge is 0.353 e. The standard InChI is InChI=1S/C16H18Cl2N6O/c1-23(2)7-6-19-15-20-8-12-14(22-15)24(16(25)21-12)9-10-4-3-5-11(17)13(10)18/h3-5,8H,6-7,9H2,1-2H3,(H,21,25)(H,19,20,22). The summed E-state index contributed by atoms with van der Waals surface area (Å²) in [7, 11) is 3.98. The van der Waals surface area contributed by atoms with E-state index in [9.17, 15) is 4.79 Å². The van der Waals surface area contributed by atoms with Crippen LogP contribution in [0.1, 0.15) is 5.56 Å². The molecule has 9 heteroatoms. The van der Waals surface area contributed by atoms with Gasteiger partial charge in [-0.05, 0) is 25.7 Å². The predicted octanol–water partition coefficient (Wildman–Crippen LogP) is 2.45. The molecule has 3 aromatic rings. The number of hydrogen-bond donors (Lipinski definition) is 2. The topological polar surface area (TPSA) is 78.8 Å². The molecule has 0 atom stereocenters. The summed E-state index contributed by atoms with van der Waals surface area (Å²) < 4.78 is 1.52. The Morgan fingerprint density at radius 3 is 2.88 bits per heavy atom. The molecule has 0 radical (unpaired) electrons. The number of hydrogen-bond acceptors (Lipinski definition) is 5. The summed E-state index contributed by atoms with van der Waals surface area (Å²) in [6.07, 6.45) is 1.60. The van der Waals surface area contributed by atoms with E-state index in [1.165, 1.54) is 4.57 Å². The Labute approximate surface area is 154 Å². The quantitative estimate of drug-likeness (QED) is 0.686. The van der Waals surface area contributed by atoms with Gasteiger partial charge in [-0.15, -0.1) is 0 Å². The second-order valence-electron chi connectivity index (χ2n) is 5.89. The Kier molecular flexibility index (Phi) is 5.27. The van der Waals surface area contributed by atoms with Crippen molar-refractivity contribution in [3.05, 3.63) is 50.5 Å². The number of aromatic nitrogens is 4. The molecule has 0 aliphatic rings. The summed E-state index contributed by atoms with van der Waals surface area (Å²) in [6, 6.07) is 5.34. The maximum Gasteiger partial charge on any atom is 0.328 e. The maximum atomic E-state index is 12.3. The molecular formula is C16H18Cl2N6O. The highest BCUT2D eigenvalue weighted by molar-refractivity contribution is 6.42. The van der Waals surface area contributed by atoms with Crippen molar-refractivity contribution in [1.82, 2.24) is 24.4 Å². The zero-order valence-electron chi connectivity index (χ0n) is 13.9. The van der Waals surface area contributed by atoms with Gasteiger partial charge in [-0.2, -0.15) is 4.98 Å². The number of likely N-dealkylation sites (N-methyl/N-ethyl adjacent to an activating group) is 1. The van der Waals surface area contributed by atoms with Crippen LogP contribution in [-0.4, -0.2) is 51.6 Å². The number of aromatic amines is 1. The van der Waals surface area contributed by atoms with E-state index in [1.54, 1.807) is 18.3 Å². The predicted molar refractivity (Wildman–Crippen MR) is 101 cm³/mol. The van der Waals surface area contributed by atoms with Gasteiger partial charge in [-0.1, -0.05) is 35.3 Å². The SMILES string of the molecule is CN(C)CCNc1ncc2[nH]c(=O)n(Cc3cccc(Cl)c3Cl)c2n1. The van der Waals surface area contributed by atoms with Crippen LogP contribution in [0, 0.1) is 0 Å². The number of nitrogens with zero attached hydrogens (tertiary/aromatic N) is 4. The van der Waals surface area contributed by atoms with Crippen molar-refractivity contribution in [2.75, 3.05) is 32.5 Å². The number of imidazole rings is 1. The van der Waals surface area contributed by atoms with Crippen molar-refractivity contribution in [3.63, 3.8) is 0 Å². The fourth-order valence-corrected chi connectivity index (χ4v) is 2.79. The van der Waals surface area contributed by atoms with Crippen LogP contribution in [0.4, 0.5) is 5.95 Å². The van der Waals surface area contributed by atoms with Gasteiger partial charge in [0.05, 0.1) is 22.8 Å². The second kappa shape index (κ2) is 7.43. The summed E-state index contributed by atoms with van der Waals surface area (Å²) in [5.74, 6) is 0.472. The second-order valence-corrected chi connectivity index (χ2v) is 6.68. The highest BCUT2D eigenvalue weighted by Crippen LogP contribution is 2.26. The van der Waals surface area contributed by atoms with Crippen LogP contribution < -0.4 is 11.0 Å². The van der Waals surface area contributed by atoms with E-state index < -0.39 is 0 Å². The van der Waals surface area contributed by atoms with Crippen LogP contribution in [-0.2, 0) is 6.54 Å². The minimum absolute atomic E-state index is 0.270. The molecule has 0 saturated carbocycles. The summed E-state index contributed by atoms with van der Waals surface area (Å²) >= 11 is 12.3. The molecule has 0 spiro atoms. The van der Waals surface area contributed by atoms with Crippen molar-refractivity contribution in [3.8, 4) is 0 Å². The molecule has 0 unspecified atom stereocenters. The lowest BCUT2D eigenvalue weighted by molar-refractivity contribution is 0.425. The number of rotatable bonds is 6. The summed E-state index contributed by atoms with van der Waals surface area (Å²) in [5.41, 5.74) is 1.56. The number of halogens is 2. The Hall–Kier alpha value is -2.09. The van der Waals surface area contributed by atoms with Gasteiger partial charge in [-0.3, -0.25) is 4.57 Å². The summed E-state index contributed by atoms with van der Waals surface area (Å²) in [4.78, 5) is 25.8. The number of benzene rings is 1. The molecule has 25 heavy (non-hydrogen) atoms. The zero-order chi connectivity index (χ0) is 18.0. The first-order valence-corrected chi connectivity index (χ1v) is 8.48. The third-order valence-corrected chi connectivity index (χ3v) is 4.57. The van der Waals surface area contributed by atoms with Gasteiger partial charge >= 0.3 is 5.69 Å². The minimum Gasteiger partial charge on any atom is -0.353 e. The fraction of sp³-hybridized carbons (Fsp3) is 0.312. The first-order valence-electron chi connectivity index (χ1n) is 7.73. The molecule has 0 fully saturated rings.